The summed E-state index contributed by atoms with van der Waals surface area (Å²) in [5, 5.41) is 3.39. The van der Waals surface area contributed by atoms with Crippen molar-refractivity contribution in [2.75, 3.05) is 43.0 Å². The molecule has 0 radical (unpaired) electrons. The maximum atomic E-state index is 12.3. The van der Waals surface area contributed by atoms with Crippen molar-refractivity contribution >= 4 is 17.9 Å². The Kier molecular flexibility index (Phi) is 6.70. The molecule has 1 aromatic carbocycles. The molecule has 8 nitrogen and oxygen atoms in total. The molecule has 3 aliphatic heterocycles. The van der Waals surface area contributed by atoms with Crippen LogP contribution in [0.3, 0.4) is 0 Å². The fourth-order valence-electron chi connectivity index (χ4n) is 5.39. The minimum absolute atomic E-state index is 0.0168. The van der Waals surface area contributed by atoms with Crippen LogP contribution >= 0.6 is 0 Å². The number of piperazine rings is 1. The summed E-state index contributed by atoms with van der Waals surface area (Å²) in [5.41, 5.74) is 2.53. The lowest BCUT2D eigenvalue weighted by atomic mass is 10.0. The van der Waals surface area contributed by atoms with Crippen LogP contribution in [-0.2, 0) is 11.3 Å². The van der Waals surface area contributed by atoms with Gasteiger partial charge in [0, 0.05) is 38.4 Å². The molecule has 0 aliphatic carbocycles. The smallest absolute Gasteiger partial charge is 0.415 e. The van der Waals surface area contributed by atoms with Crippen LogP contribution in [0.1, 0.15) is 50.8 Å². The second kappa shape index (κ2) is 9.88. The fraction of sp³-hybridized carbons (Fsp3) is 0.577. The lowest BCUT2D eigenvalue weighted by Crippen LogP contribution is -2.49. The van der Waals surface area contributed by atoms with E-state index in [2.05, 4.69) is 70.1 Å². The van der Waals surface area contributed by atoms with Crippen LogP contribution in [0, 0.1) is 5.92 Å². The second-order valence-corrected chi connectivity index (χ2v) is 10.2. The Morgan fingerprint density at radius 1 is 1.12 bits per heavy atom. The Morgan fingerprint density at radius 3 is 2.74 bits per heavy atom. The Hall–Kier alpha value is -2.71. The third-order valence-corrected chi connectivity index (χ3v) is 7.47. The largest absolute Gasteiger partial charge is 0.447 e. The normalized spacial score (nSPS) is 24.4. The standard InChI is InChI=1S/C26H36N6O2/c1-18(2)23-17-34-26(33)32(23)24-10-11-27-25(29-24)28-19(3)21-8-6-20(7-9-21)15-30-13-14-31-12-4-5-22(31)16-30/h6-11,18-19,22-23H,4-5,12-17H2,1-3H3,(H,27,28,29)/t19-,22?,23+/m0/s1. The molecule has 1 N–H and O–H groups in total. The molecule has 0 saturated carbocycles. The number of rotatable bonds is 7. The van der Waals surface area contributed by atoms with Crippen LogP contribution in [0.5, 0.6) is 0 Å². The van der Waals surface area contributed by atoms with Crippen molar-refractivity contribution in [3.05, 3.63) is 47.7 Å². The van der Waals surface area contributed by atoms with Crippen LogP contribution < -0.4 is 10.2 Å². The molecule has 1 amide bonds. The van der Waals surface area contributed by atoms with Crippen molar-refractivity contribution in [2.24, 2.45) is 5.92 Å². The van der Waals surface area contributed by atoms with E-state index in [1.54, 1.807) is 17.2 Å². The van der Waals surface area contributed by atoms with Crippen molar-refractivity contribution in [3.8, 4) is 0 Å². The molecule has 34 heavy (non-hydrogen) atoms. The summed E-state index contributed by atoms with van der Waals surface area (Å²) in [6.07, 6.45) is 4.04. The summed E-state index contributed by atoms with van der Waals surface area (Å²) in [4.78, 5) is 28.2. The van der Waals surface area contributed by atoms with Crippen LogP contribution in [0.25, 0.3) is 0 Å². The van der Waals surface area contributed by atoms with E-state index in [-0.39, 0.29) is 24.1 Å². The van der Waals surface area contributed by atoms with Crippen molar-refractivity contribution in [1.82, 2.24) is 19.8 Å². The van der Waals surface area contributed by atoms with E-state index in [0.717, 1.165) is 19.1 Å². The van der Waals surface area contributed by atoms with Gasteiger partial charge in [-0.25, -0.2) is 9.78 Å². The highest BCUT2D eigenvalue weighted by Gasteiger charge is 2.37. The van der Waals surface area contributed by atoms with E-state index in [1.165, 1.54) is 43.6 Å². The zero-order valence-electron chi connectivity index (χ0n) is 20.5. The summed E-state index contributed by atoms with van der Waals surface area (Å²) in [7, 11) is 0. The zero-order chi connectivity index (χ0) is 23.7. The molecule has 2 aromatic rings. The summed E-state index contributed by atoms with van der Waals surface area (Å²) in [6.45, 7) is 12.5. The maximum Gasteiger partial charge on any atom is 0.415 e. The molecule has 3 saturated heterocycles. The van der Waals surface area contributed by atoms with Gasteiger partial charge in [-0.1, -0.05) is 38.1 Å². The molecule has 0 bridgehead atoms. The van der Waals surface area contributed by atoms with Crippen LogP contribution in [-0.4, -0.2) is 70.7 Å². The van der Waals surface area contributed by atoms with Gasteiger partial charge in [0.2, 0.25) is 5.95 Å². The van der Waals surface area contributed by atoms with Gasteiger partial charge in [0.1, 0.15) is 12.4 Å². The predicted octanol–water partition coefficient (Wildman–Crippen LogP) is 3.91. The number of carbonyl (C=O) groups excluding carboxylic acids is 1. The molecule has 1 aromatic heterocycles. The van der Waals surface area contributed by atoms with Crippen LogP contribution in [0.2, 0.25) is 0 Å². The number of aromatic nitrogens is 2. The van der Waals surface area contributed by atoms with Gasteiger partial charge >= 0.3 is 6.09 Å². The van der Waals surface area contributed by atoms with Crippen molar-refractivity contribution < 1.29 is 9.53 Å². The summed E-state index contributed by atoms with van der Waals surface area (Å²) >= 11 is 0. The first kappa shape index (κ1) is 23.1. The zero-order valence-corrected chi connectivity index (χ0v) is 20.5. The molecule has 0 spiro atoms. The van der Waals surface area contributed by atoms with Gasteiger partial charge in [0.05, 0.1) is 12.1 Å². The van der Waals surface area contributed by atoms with E-state index in [4.69, 9.17) is 4.74 Å². The number of cyclic esters (lactones) is 1. The average Bonchev–Trinajstić information content (AvgIpc) is 3.46. The van der Waals surface area contributed by atoms with Gasteiger partial charge < -0.3 is 10.1 Å². The number of nitrogens with zero attached hydrogens (tertiary/aromatic N) is 5. The van der Waals surface area contributed by atoms with Gasteiger partial charge in [-0.15, -0.1) is 0 Å². The number of nitrogens with one attached hydrogen (secondary N) is 1. The first-order chi connectivity index (χ1) is 16.5. The predicted molar refractivity (Wildman–Crippen MR) is 133 cm³/mol. The van der Waals surface area contributed by atoms with Gasteiger partial charge in [-0.2, -0.15) is 4.98 Å². The Morgan fingerprint density at radius 2 is 1.94 bits per heavy atom. The van der Waals surface area contributed by atoms with E-state index in [9.17, 15) is 4.79 Å². The highest BCUT2D eigenvalue weighted by Crippen LogP contribution is 2.27. The minimum Gasteiger partial charge on any atom is -0.447 e. The number of fused-ring (bicyclic) bond motifs is 1. The SMILES string of the molecule is CC(C)[C@H]1COC(=O)N1c1ccnc(N[C@@H](C)c2ccc(CN3CCN4CCCC4C3)cc2)n1. The van der Waals surface area contributed by atoms with Gasteiger partial charge in [0.15, 0.2) is 0 Å². The number of anilines is 2. The monoisotopic (exact) mass is 464 g/mol. The molecular weight excluding hydrogens is 428 g/mol. The molecule has 4 heterocycles. The Labute approximate surface area is 202 Å². The number of hydrogen-bond acceptors (Lipinski definition) is 7. The van der Waals surface area contributed by atoms with Crippen molar-refractivity contribution in [2.45, 2.75) is 58.3 Å². The third kappa shape index (κ3) is 4.88. The van der Waals surface area contributed by atoms with Gasteiger partial charge in [0.25, 0.3) is 0 Å². The molecule has 1 unspecified atom stereocenters. The van der Waals surface area contributed by atoms with Gasteiger partial charge in [-0.05, 0) is 49.4 Å². The summed E-state index contributed by atoms with van der Waals surface area (Å²) < 4.78 is 5.27. The Bertz CT molecular complexity index is 997. The Balaban J connectivity index is 1.20. The lowest BCUT2D eigenvalue weighted by Gasteiger charge is -2.37. The molecule has 8 heteroatoms. The first-order valence-corrected chi connectivity index (χ1v) is 12.6. The van der Waals surface area contributed by atoms with E-state index >= 15 is 0 Å². The maximum absolute atomic E-state index is 12.3. The van der Waals surface area contributed by atoms with Crippen LogP contribution in [0.15, 0.2) is 36.5 Å². The number of amides is 1. The highest BCUT2D eigenvalue weighted by molar-refractivity contribution is 5.89. The number of benzene rings is 1. The third-order valence-electron chi connectivity index (χ3n) is 7.47. The summed E-state index contributed by atoms with van der Waals surface area (Å²) in [5.74, 6) is 1.35. The first-order valence-electron chi connectivity index (χ1n) is 12.6. The van der Waals surface area contributed by atoms with E-state index in [0.29, 0.717) is 18.4 Å². The quantitative estimate of drug-likeness (QED) is 0.666. The minimum atomic E-state index is -0.346. The van der Waals surface area contributed by atoms with Crippen LogP contribution in [0.4, 0.5) is 16.6 Å². The number of ether oxygens (including phenoxy) is 1. The van der Waals surface area contributed by atoms with Crippen molar-refractivity contribution in [1.29, 1.82) is 0 Å². The fourth-order valence-corrected chi connectivity index (χ4v) is 5.39. The molecule has 5 rings (SSSR count). The lowest BCUT2D eigenvalue weighted by molar-refractivity contribution is 0.0994. The highest BCUT2D eigenvalue weighted by atomic mass is 16.6. The molecule has 3 atom stereocenters. The topological polar surface area (TPSA) is 73.8 Å². The molecule has 3 fully saturated rings. The number of carbonyl (C=O) groups is 1. The molecular formula is C26H36N6O2. The number of hydrogen-bond donors (Lipinski definition) is 1. The second-order valence-electron chi connectivity index (χ2n) is 10.2. The molecule has 3 aliphatic rings. The summed E-state index contributed by atoms with van der Waals surface area (Å²) in [6, 6.07) is 11.4. The van der Waals surface area contributed by atoms with E-state index in [1.807, 2.05) is 0 Å². The van der Waals surface area contributed by atoms with Crippen molar-refractivity contribution in [3.63, 3.8) is 0 Å². The molecule has 182 valence electrons. The van der Waals surface area contributed by atoms with E-state index < -0.39 is 0 Å². The van der Waals surface area contributed by atoms with Gasteiger partial charge in [-0.3, -0.25) is 14.7 Å². The average molecular weight is 465 g/mol.